The second kappa shape index (κ2) is 6.26. The van der Waals surface area contributed by atoms with Crippen molar-refractivity contribution < 1.29 is 9.53 Å². The molecule has 1 aliphatic heterocycles. The van der Waals surface area contributed by atoms with E-state index in [1.54, 1.807) is 37.2 Å². The molecule has 0 aliphatic carbocycles. The summed E-state index contributed by atoms with van der Waals surface area (Å²) < 4.78 is 5.34. The van der Waals surface area contributed by atoms with E-state index >= 15 is 0 Å². The summed E-state index contributed by atoms with van der Waals surface area (Å²) in [5.74, 6) is 0.494. The van der Waals surface area contributed by atoms with Crippen LogP contribution in [-0.2, 0) is 4.74 Å². The topological polar surface area (TPSA) is 41.6 Å². The van der Waals surface area contributed by atoms with E-state index < -0.39 is 0 Å². The maximum Gasteiger partial charge on any atom is 0.253 e. The minimum atomic E-state index is -0.0242. The lowest BCUT2D eigenvalue weighted by atomic mass is 10.1. The highest BCUT2D eigenvalue weighted by Gasteiger charge is 2.16. The Morgan fingerprint density at radius 1 is 1.53 bits per heavy atom. The van der Waals surface area contributed by atoms with Crippen LogP contribution in [0.3, 0.4) is 0 Å². The Balaban J connectivity index is 2.06. The third-order valence-electron chi connectivity index (χ3n) is 3.22. The molecule has 1 N–H and O–H groups in total. The first kappa shape index (κ1) is 14.2. The van der Waals surface area contributed by atoms with E-state index in [9.17, 15) is 4.79 Å². The number of nitrogens with one attached hydrogen (secondary N) is 1. The Morgan fingerprint density at radius 2 is 2.32 bits per heavy atom. The summed E-state index contributed by atoms with van der Waals surface area (Å²) in [6.07, 6.45) is 1.07. The molecule has 4 nitrogen and oxygen atoms in total. The van der Waals surface area contributed by atoms with Gasteiger partial charge in [-0.1, -0.05) is 11.6 Å². The predicted octanol–water partition coefficient (Wildman–Crippen LogP) is 2.49. The van der Waals surface area contributed by atoms with Gasteiger partial charge >= 0.3 is 0 Å². The van der Waals surface area contributed by atoms with E-state index in [1.807, 2.05) is 0 Å². The van der Waals surface area contributed by atoms with Gasteiger partial charge in [0.2, 0.25) is 0 Å². The summed E-state index contributed by atoms with van der Waals surface area (Å²) in [6.45, 7) is 2.44. The van der Waals surface area contributed by atoms with Crippen molar-refractivity contribution in [3.05, 3.63) is 28.8 Å². The molecule has 1 aliphatic rings. The number of anilines is 1. The number of ether oxygens (including phenoxy) is 1. The normalized spacial score (nSPS) is 18.4. The van der Waals surface area contributed by atoms with Gasteiger partial charge < -0.3 is 15.0 Å². The van der Waals surface area contributed by atoms with E-state index in [-0.39, 0.29) is 5.91 Å². The van der Waals surface area contributed by atoms with Crippen molar-refractivity contribution >= 4 is 23.2 Å². The lowest BCUT2D eigenvalue weighted by Crippen LogP contribution is -2.22. The van der Waals surface area contributed by atoms with E-state index in [0.29, 0.717) is 16.5 Å². The Morgan fingerprint density at radius 3 is 2.95 bits per heavy atom. The Kier molecular flexibility index (Phi) is 4.66. The van der Waals surface area contributed by atoms with Crippen molar-refractivity contribution in [2.45, 2.75) is 6.42 Å². The Labute approximate surface area is 118 Å². The fourth-order valence-corrected chi connectivity index (χ4v) is 2.23. The van der Waals surface area contributed by atoms with Gasteiger partial charge in [0.1, 0.15) is 0 Å². The summed E-state index contributed by atoms with van der Waals surface area (Å²) in [4.78, 5) is 13.5. The average Bonchev–Trinajstić information content (AvgIpc) is 2.90. The molecule has 2 rings (SSSR count). The van der Waals surface area contributed by atoms with Crippen LogP contribution in [0.1, 0.15) is 16.8 Å². The second-order valence-corrected chi connectivity index (χ2v) is 5.41. The molecule has 1 heterocycles. The summed E-state index contributed by atoms with van der Waals surface area (Å²) in [6, 6.07) is 5.31. The monoisotopic (exact) mass is 282 g/mol. The second-order valence-electron chi connectivity index (χ2n) is 5.00. The molecule has 0 saturated carbocycles. The summed E-state index contributed by atoms with van der Waals surface area (Å²) in [5.41, 5.74) is 1.45. The molecular formula is C14H19ClN2O2. The fourth-order valence-electron chi connectivity index (χ4n) is 2.05. The molecule has 1 fully saturated rings. The molecule has 0 radical (unpaired) electrons. The standard InChI is InChI=1S/C14H19ClN2O2/c1-17(2)14(18)11-3-4-12(15)13(7-11)16-8-10-5-6-19-9-10/h3-4,7,10,16H,5-6,8-9H2,1-2H3. The smallest absolute Gasteiger partial charge is 0.253 e. The lowest BCUT2D eigenvalue weighted by molar-refractivity contribution is 0.0827. The predicted molar refractivity (Wildman–Crippen MR) is 76.9 cm³/mol. The first-order valence-electron chi connectivity index (χ1n) is 6.40. The number of amides is 1. The molecule has 1 amide bonds. The molecule has 1 unspecified atom stereocenters. The Bertz CT molecular complexity index is 457. The van der Waals surface area contributed by atoms with Crippen molar-refractivity contribution in [1.82, 2.24) is 4.90 Å². The maximum absolute atomic E-state index is 11.9. The van der Waals surface area contributed by atoms with Gasteiger partial charge in [-0.25, -0.2) is 0 Å². The minimum Gasteiger partial charge on any atom is -0.383 e. The third-order valence-corrected chi connectivity index (χ3v) is 3.55. The molecular weight excluding hydrogens is 264 g/mol. The van der Waals surface area contributed by atoms with Gasteiger partial charge in [-0.15, -0.1) is 0 Å². The van der Waals surface area contributed by atoms with Crippen LogP contribution in [0.2, 0.25) is 5.02 Å². The third kappa shape index (κ3) is 3.61. The molecule has 5 heteroatoms. The quantitative estimate of drug-likeness (QED) is 0.922. The summed E-state index contributed by atoms with van der Waals surface area (Å²) in [5, 5.41) is 3.94. The number of carbonyl (C=O) groups is 1. The van der Waals surface area contributed by atoms with Crippen LogP contribution in [0.4, 0.5) is 5.69 Å². The van der Waals surface area contributed by atoms with Gasteiger partial charge in [0.25, 0.3) is 5.91 Å². The van der Waals surface area contributed by atoms with Gasteiger partial charge in [-0.2, -0.15) is 0 Å². The van der Waals surface area contributed by atoms with E-state index in [0.717, 1.165) is 31.9 Å². The number of benzene rings is 1. The molecule has 0 bridgehead atoms. The zero-order valence-corrected chi connectivity index (χ0v) is 12.0. The van der Waals surface area contributed by atoms with Gasteiger partial charge in [-0.3, -0.25) is 4.79 Å². The van der Waals surface area contributed by atoms with Crippen molar-refractivity contribution in [2.24, 2.45) is 5.92 Å². The largest absolute Gasteiger partial charge is 0.383 e. The van der Waals surface area contributed by atoms with Crippen LogP contribution in [0.15, 0.2) is 18.2 Å². The van der Waals surface area contributed by atoms with E-state index in [2.05, 4.69) is 5.32 Å². The number of hydrogen-bond donors (Lipinski definition) is 1. The Hall–Kier alpha value is -1.26. The first-order chi connectivity index (χ1) is 9.08. The SMILES string of the molecule is CN(C)C(=O)c1ccc(Cl)c(NCC2CCOC2)c1. The van der Waals surface area contributed by atoms with Gasteiger partial charge in [-0.05, 0) is 24.6 Å². The molecule has 0 spiro atoms. The van der Waals surface area contributed by atoms with Gasteiger partial charge in [0.15, 0.2) is 0 Å². The van der Waals surface area contributed by atoms with Crippen molar-refractivity contribution in [1.29, 1.82) is 0 Å². The van der Waals surface area contributed by atoms with Crippen molar-refractivity contribution in [3.8, 4) is 0 Å². The summed E-state index contributed by atoms with van der Waals surface area (Å²) in [7, 11) is 3.47. The molecule has 1 atom stereocenters. The first-order valence-corrected chi connectivity index (χ1v) is 6.78. The zero-order chi connectivity index (χ0) is 13.8. The number of carbonyl (C=O) groups excluding carboxylic acids is 1. The highest BCUT2D eigenvalue weighted by atomic mass is 35.5. The number of halogens is 1. The van der Waals surface area contributed by atoms with Crippen LogP contribution in [0, 0.1) is 5.92 Å². The molecule has 19 heavy (non-hydrogen) atoms. The fraction of sp³-hybridized carbons (Fsp3) is 0.500. The highest BCUT2D eigenvalue weighted by Crippen LogP contribution is 2.24. The van der Waals surface area contributed by atoms with Crippen molar-refractivity contribution in [3.63, 3.8) is 0 Å². The van der Waals surface area contributed by atoms with Crippen molar-refractivity contribution in [2.75, 3.05) is 39.2 Å². The number of hydrogen-bond acceptors (Lipinski definition) is 3. The highest BCUT2D eigenvalue weighted by molar-refractivity contribution is 6.33. The van der Waals surface area contributed by atoms with Crippen LogP contribution in [-0.4, -0.2) is 44.7 Å². The van der Waals surface area contributed by atoms with Crippen LogP contribution >= 0.6 is 11.6 Å². The summed E-state index contributed by atoms with van der Waals surface area (Å²) >= 11 is 6.15. The number of nitrogens with zero attached hydrogens (tertiary/aromatic N) is 1. The van der Waals surface area contributed by atoms with E-state index in [4.69, 9.17) is 16.3 Å². The maximum atomic E-state index is 11.9. The minimum absolute atomic E-state index is 0.0242. The lowest BCUT2D eigenvalue weighted by Gasteiger charge is -2.15. The molecule has 0 aromatic heterocycles. The number of rotatable bonds is 4. The van der Waals surface area contributed by atoms with Crippen LogP contribution in [0.25, 0.3) is 0 Å². The average molecular weight is 283 g/mol. The molecule has 1 aromatic carbocycles. The van der Waals surface area contributed by atoms with Gasteiger partial charge in [0, 0.05) is 38.7 Å². The van der Waals surface area contributed by atoms with Crippen LogP contribution in [0.5, 0.6) is 0 Å². The van der Waals surface area contributed by atoms with Crippen LogP contribution < -0.4 is 5.32 Å². The molecule has 1 aromatic rings. The van der Waals surface area contributed by atoms with E-state index in [1.165, 1.54) is 0 Å². The molecule has 104 valence electrons. The van der Waals surface area contributed by atoms with Gasteiger partial charge in [0.05, 0.1) is 17.3 Å². The zero-order valence-electron chi connectivity index (χ0n) is 11.3. The molecule has 1 saturated heterocycles.